The summed E-state index contributed by atoms with van der Waals surface area (Å²) < 4.78 is 13.9. The Morgan fingerprint density at radius 3 is 2.88 bits per heavy atom. The Labute approximate surface area is 114 Å². The van der Waals surface area contributed by atoms with Gasteiger partial charge in [-0.15, -0.1) is 0 Å². The topological polar surface area (TPSA) is 32.3 Å². The van der Waals surface area contributed by atoms with Crippen LogP contribution in [0.5, 0.6) is 0 Å². The smallest absolute Gasteiger partial charge is 0.123 e. The van der Waals surface area contributed by atoms with E-state index in [0.29, 0.717) is 18.8 Å². The van der Waals surface area contributed by atoms with Crippen LogP contribution in [0.1, 0.15) is 12.5 Å². The van der Waals surface area contributed by atoms with Crippen molar-refractivity contribution in [3.63, 3.8) is 0 Å². The van der Waals surface area contributed by atoms with Gasteiger partial charge in [0.05, 0.1) is 5.60 Å². The molecule has 0 aliphatic rings. The van der Waals surface area contributed by atoms with Crippen molar-refractivity contribution in [2.24, 2.45) is 0 Å². The molecule has 0 saturated carbocycles. The highest BCUT2D eigenvalue weighted by molar-refractivity contribution is 9.10. The molecule has 2 nitrogen and oxygen atoms in total. The average Bonchev–Trinajstić information content (AvgIpc) is 2.23. The molecule has 0 spiro atoms. The maximum Gasteiger partial charge on any atom is 0.123 e. The van der Waals surface area contributed by atoms with Gasteiger partial charge in [0, 0.05) is 23.3 Å². The number of benzene rings is 1. The molecule has 1 aromatic carbocycles. The molecule has 0 aromatic heterocycles. The van der Waals surface area contributed by atoms with E-state index in [1.54, 1.807) is 24.8 Å². The molecule has 1 aromatic rings. The second-order valence-corrected chi connectivity index (χ2v) is 5.99. The van der Waals surface area contributed by atoms with E-state index in [-0.39, 0.29) is 5.82 Å². The van der Waals surface area contributed by atoms with Crippen molar-refractivity contribution in [3.8, 4) is 0 Å². The van der Waals surface area contributed by atoms with Crippen LogP contribution in [0.25, 0.3) is 0 Å². The van der Waals surface area contributed by atoms with Crippen LogP contribution in [0, 0.1) is 5.82 Å². The van der Waals surface area contributed by atoms with Crippen LogP contribution in [-0.2, 0) is 6.54 Å². The largest absolute Gasteiger partial charge is 0.388 e. The Morgan fingerprint density at radius 2 is 2.24 bits per heavy atom. The molecular weight excluding hydrogens is 305 g/mol. The Kier molecular flexibility index (Phi) is 5.92. The Hall–Kier alpha value is -0.100. The van der Waals surface area contributed by atoms with E-state index in [1.165, 1.54) is 12.1 Å². The van der Waals surface area contributed by atoms with Gasteiger partial charge in [-0.3, -0.25) is 0 Å². The lowest BCUT2D eigenvalue weighted by Crippen LogP contribution is -2.39. The minimum absolute atomic E-state index is 0.249. The highest BCUT2D eigenvalue weighted by Gasteiger charge is 2.18. The van der Waals surface area contributed by atoms with Crippen LogP contribution in [0.4, 0.5) is 4.39 Å². The molecule has 0 fully saturated rings. The van der Waals surface area contributed by atoms with E-state index in [0.717, 1.165) is 10.0 Å². The normalized spacial score (nSPS) is 14.6. The van der Waals surface area contributed by atoms with E-state index in [4.69, 9.17) is 0 Å². The number of halogens is 2. The third kappa shape index (κ3) is 5.38. The molecule has 0 unspecified atom stereocenters. The van der Waals surface area contributed by atoms with Crippen LogP contribution in [-0.4, -0.2) is 29.3 Å². The highest BCUT2D eigenvalue weighted by Crippen LogP contribution is 2.18. The van der Waals surface area contributed by atoms with Gasteiger partial charge in [0.1, 0.15) is 5.82 Å². The molecule has 17 heavy (non-hydrogen) atoms. The number of hydrogen-bond acceptors (Lipinski definition) is 3. The lowest BCUT2D eigenvalue weighted by Gasteiger charge is -2.22. The van der Waals surface area contributed by atoms with Crippen molar-refractivity contribution in [2.45, 2.75) is 19.1 Å². The second kappa shape index (κ2) is 6.73. The number of nitrogens with one attached hydrogen (secondary N) is 1. The molecule has 0 amide bonds. The Morgan fingerprint density at radius 1 is 1.53 bits per heavy atom. The predicted molar refractivity (Wildman–Crippen MR) is 74.8 cm³/mol. The first-order chi connectivity index (χ1) is 7.94. The van der Waals surface area contributed by atoms with E-state index < -0.39 is 5.60 Å². The van der Waals surface area contributed by atoms with E-state index in [2.05, 4.69) is 21.2 Å². The maximum atomic E-state index is 13.0. The Balaban J connectivity index is 2.48. The van der Waals surface area contributed by atoms with Crippen LogP contribution in [0.15, 0.2) is 22.7 Å². The van der Waals surface area contributed by atoms with E-state index in [1.807, 2.05) is 6.26 Å². The molecule has 1 rings (SSSR count). The summed E-state index contributed by atoms with van der Waals surface area (Å²) in [5, 5.41) is 13.1. The molecular formula is C12H17BrFNOS. The molecule has 0 aliphatic carbocycles. The SMILES string of the molecule is CSC[C@](C)(O)CNCc1cc(F)ccc1Br. The van der Waals surface area contributed by atoms with Crippen LogP contribution in [0.2, 0.25) is 0 Å². The molecule has 1 atom stereocenters. The Bertz CT molecular complexity index is 374. The molecule has 0 aliphatic heterocycles. The highest BCUT2D eigenvalue weighted by atomic mass is 79.9. The van der Waals surface area contributed by atoms with Gasteiger partial charge < -0.3 is 10.4 Å². The zero-order chi connectivity index (χ0) is 12.9. The first-order valence-electron chi connectivity index (χ1n) is 5.30. The fourth-order valence-electron chi connectivity index (χ4n) is 1.51. The second-order valence-electron chi connectivity index (χ2n) is 4.27. The fraction of sp³-hybridized carbons (Fsp3) is 0.500. The minimum atomic E-state index is -0.737. The fourth-order valence-corrected chi connectivity index (χ4v) is 2.62. The van der Waals surface area contributed by atoms with Crippen LogP contribution in [0.3, 0.4) is 0 Å². The number of aliphatic hydroxyl groups is 1. The summed E-state index contributed by atoms with van der Waals surface area (Å²) in [6.07, 6.45) is 1.96. The summed E-state index contributed by atoms with van der Waals surface area (Å²) in [4.78, 5) is 0. The van der Waals surface area contributed by atoms with Gasteiger partial charge in [0.25, 0.3) is 0 Å². The van der Waals surface area contributed by atoms with Crippen molar-refractivity contribution in [3.05, 3.63) is 34.1 Å². The van der Waals surface area contributed by atoms with Crippen molar-refractivity contribution in [2.75, 3.05) is 18.6 Å². The van der Waals surface area contributed by atoms with Crippen molar-refractivity contribution >= 4 is 27.7 Å². The monoisotopic (exact) mass is 321 g/mol. The summed E-state index contributed by atoms with van der Waals surface area (Å²) in [5.74, 6) is 0.422. The lowest BCUT2D eigenvalue weighted by molar-refractivity contribution is 0.0846. The van der Waals surface area contributed by atoms with Gasteiger partial charge in [0.15, 0.2) is 0 Å². The molecule has 0 heterocycles. The number of hydrogen-bond donors (Lipinski definition) is 2. The third-order valence-electron chi connectivity index (χ3n) is 2.28. The average molecular weight is 322 g/mol. The summed E-state index contributed by atoms with van der Waals surface area (Å²) in [5.41, 5.74) is 0.115. The quantitative estimate of drug-likeness (QED) is 0.845. The summed E-state index contributed by atoms with van der Waals surface area (Å²) in [6.45, 7) is 2.80. The molecule has 96 valence electrons. The number of thioether (sulfide) groups is 1. The minimum Gasteiger partial charge on any atom is -0.388 e. The molecule has 0 bridgehead atoms. The summed E-state index contributed by atoms with van der Waals surface area (Å²) in [6, 6.07) is 4.59. The molecule has 2 N–H and O–H groups in total. The van der Waals surface area contributed by atoms with Crippen LogP contribution < -0.4 is 5.32 Å². The van der Waals surface area contributed by atoms with Gasteiger partial charge >= 0.3 is 0 Å². The zero-order valence-electron chi connectivity index (χ0n) is 9.96. The van der Waals surface area contributed by atoms with Gasteiger partial charge in [-0.1, -0.05) is 15.9 Å². The maximum absolute atomic E-state index is 13.0. The van der Waals surface area contributed by atoms with E-state index in [9.17, 15) is 9.50 Å². The van der Waals surface area contributed by atoms with Gasteiger partial charge in [-0.2, -0.15) is 11.8 Å². The third-order valence-corrected chi connectivity index (χ3v) is 3.97. The van der Waals surface area contributed by atoms with Gasteiger partial charge in [-0.05, 0) is 36.9 Å². The van der Waals surface area contributed by atoms with E-state index >= 15 is 0 Å². The summed E-state index contributed by atoms with van der Waals surface area (Å²) >= 11 is 4.97. The zero-order valence-corrected chi connectivity index (χ0v) is 12.4. The standard InChI is InChI=1S/C12H17BrFNOS/c1-12(16,8-17-2)7-15-6-9-5-10(14)3-4-11(9)13/h3-5,15-16H,6-8H2,1-2H3/t12-/m1/s1. The molecule has 0 saturated heterocycles. The predicted octanol–water partition coefficient (Wildman–Crippen LogP) is 2.79. The van der Waals surface area contributed by atoms with Gasteiger partial charge in [-0.25, -0.2) is 4.39 Å². The lowest BCUT2D eigenvalue weighted by atomic mass is 10.1. The molecule has 5 heteroatoms. The number of rotatable bonds is 6. The first kappa shape index (κ1) is 15.0. The van der Waals surface area contributed by atoms with Crippen LogP contribution >= 0.6 is 27.7 Å². The van der Waals surface area contributed by atoms with Crippen molar-refractivity contribution in [1.29, 1.82) is 0 Å². The first-order valence-corrected chi connectivity index (χ1v) is 7.49. The van der Waals surface area contributed by atoms with Crippen molar-refractivity contribution < 1.29 is 9.50 Å². The summed E-state index contributed by atoms with van der Waals surface area (Å²) in [7, 11) is 0. The van der Waals surface area contributed by atoms with Gasteiger partial charge in [0.2, 0.25) is 0 Å². The molecule has 0 radical (unpaired) electrons. The van der Waals surface area contributed by atoms with Crippen molar-refractivity contribution in [1.82, 2.24) is 5.32 Å².